The van der Waals surface area contributed by atoms with Crippen molar-refractivity contribution in [3.63, 3.8) is 0 Å². The number of H-pyrrole nitrogens is 2. The molecular formula is C11H13N3OS. The Balaban J connectivity index is 2.85. The lowest BCUT2D eigenvalue weighted by Crippen LogP contribution is -2.17. The first-order valence-electron chi connectivity index (χ1n) is 4.98. The number of hydrogen-bond acceptors (Lipinski definition) is 2. The Morgan fingerprint density at radius 2 is 1.69 bits per heavy atom. The molecule has 0 fully saturated rings. The Hall–Kier alpha value is -1.62. The van der Waals surface area contributed by atoms with Gasteiger partial charge in [-0.3, -0.25) is 5.10 Å². The molecule has 16 heavy (non-hydrogen) atoms. The van der Waals surface area contributed by atoms with Gasteiger partial charge < -0.3 is 0 Å². The minimum atomic E-state index is -0.236. The van der Waals surface area contributed by atoms with E-state index in [1.54, 1.807) is 0 Å². The van der Waals surface area contributed by atoms with E-state index in [1.807, 2.05) is 32.9 Å². The Kier molecular flexibility index (Phi) is 2.55. The highest BCUT2D eigenvalue weighted by molar-refractivity contribution is 7.71. The highest BCUT2D eigenvalue weighted by Gasteiger charge is 2.10. The molecule has 2 aromatic rings. The lowest BCUT2D eigenvalue weighted by molar-refractivity contribution is 0.951. The maximum atomic E-state index is 11.6. The van der Waals surface area contributed by atoms with Crippen molar-refractivity contribution < 1.29 is 0 Å². The molecule has 0 atom stereocenters. The summed E-state index contributed by atoms with van der Waals surface area (Å²) in [4.78, 5) is 11.6. The summed E-state index contributed by atoms with van der Waals surface area (Å²) in [6.07, 6.45) is 0. The van der Waals surface area contributed by atoms with Crippen LogP contribution in [0, 0.1) is 25.5 Å². The molecule has 84 valence electrons. The van der Waals surface area contributed by atoms with Gasteiger partial charge in [-0.15, -0.1) is 0 Å². The van der Waals surface area contributed by atoms with Gasteiger partial charge in [0.15, 0.2) is 0 Å². The van der Waals surface area contributed by atoms with Gasteiger partial charge in [-0.1, -0.05) is 17.7 Å². The van der Waals surface area contributed by atoms with Crippen molar-refractivity contribution in [2.75, 3.05) is 0 Å². The second-order valence-corrected chi connectivity index (χ2v) is 4.33. The van der Waals surface area contributed by atoms with E-state index in [2.05, 4.69) is 10.2 Å². The maximum absolute atomic E-state index is 11.6. The fourth-order valence-electron chi connectivity index (χ4n) is 2.04. The molecule has 0 amide bonds. The van der Waals surface area contributed by atoms with Crippen molar-refractivity contribution in [3.05, 3.63) is 44.1 Å². The van der Waals surface area contributed by atoms with Crippen LogP contribution in [0.5, 0.6) is 0 Å². The quantitative estimate of drug-likeness (QED) is 0.744. The lowest BCUT2D eigenvalue weighted by atomic mass is 10.1. The van der Waals surface area contributed by atoms with Crippen molar-refractivity contribution in [1.82, 2.24) is 14.8 Å². The van der Waals surface area contributed by atoms with E-state index in [9.17, 15) is 4.79 Å². The van der Waals surface area contributed by atoms with Crippen LogP contribution in [0.4, 0.5) is 0 Å². The fourth-order valence-corrected chi connectivity index (χ4v) is 2.26. The summed E-state index contributed by atoms with van der Waals surface area (Å²) in [7, 11) is 0. The zero-order valence-corrected chi connectivity index (χ0v) is 10.2. The van der Waals surface area contributed by atoms with Gasteiger partial charge in [-0.25, -0.2) is 14.5 Å². The number of nitrogens with one attached hydrogen (secondary N) is 2. The van der Waals surface area contributed by atoms with Crippen LogP contribution in [0.2, 0.25) is 0 Å². The molecule has 1 heterocycles. The number of hydrogen-bond donors (Lipinski definition) is 2. The average molecular weight is 235 g/mol. The third-order valence-corrected chi connectivity index (χ3v) is 2.83. The van der Waals surface area contributed by atoms with Crippen molar-refractivity contribution >= 4 is 12.2 Å². The Labute approximate surface area is 97.9 Å². The zero-order valence-electron chi connectivity index (χ0n) is 9.42. The highest BCUT2D eigenvalue weighted by Crippen LogP contribution is 2.19. The summed E-state index contributed by atoms with van der Waals surface area (Å²) in [5.41, 5.74) is 3.88. The van der Waals surface area contributed by atoms with E-state index < -0.39 is 0 Å². The normalized spacial score (nSPS) is 10.7. The minimum Gasteiger partial charge on any atom is -0.272 e. The molecule has 4 nitrogen and oxygen atoms in total. The predicted octanol–water partition coefficient (Wildman–Crippen LogP) is 2.15. The summed E-state index contributed by atoms with van der Waals surface area (Å²) in [6, 6.07) is 4.08. The SMILES string of the molecule is Cc1cc(C)c(-n2c(=O)[nH][nH]c2=S)c(C)c1. The summed E-state index contributed by atoms with van der Waals surface area (Å²) >= 11 is 5.08. The van der Waals surface area contributed by atoms with Gasteiger partial charge in [0.05, 0.1) is 5.69 Å². The number of rotatable bonds is 1. The molecule has 0 bridgehead atoms. The molecular weight excluding hydrogens is 222 g/mol. The highest BCUT2D eigenvalue weighted by atomic mass is 32.1. The molecule has 5 heteroatoms. The van der Waals surface area contributed by atoms with Crippen LogP contribution in [0.15, 0.2) is 16.9 Å². The molecule has 0 aliphatic carbocycles. The van der Waals surface area contributed by atoms with Crippen molar-refractivity contribution in [1.29, 1.82) is 0 Å². The van der Waals surface area contributed by atoms with Crippen molar-refractivity contribution in [2.45, 2.75) is 20.8 Å². The molecule has 0 aliphatic rings. The maximum Gasteiger partial charge on any atom is 0.347 e. The molecule has 0 radical (unpaired) electrons. The fraction of sp³-hybridized carbons (Fsp3) is 0.273. The number of aryl methyl sites for hydroxylation is 3. The van der Waals surface area contributed by atoms with Gasteiger partial charge >= 0.3 is 5.69 Å². The van der Waals surface area contributed by atoms with Crippen LogP contribution < -0.4 is 5.69 Å². The summed E-state index contributed by atoms with van der Waals surface area (Å²) in [5, 5.41) is 5.13. The Morgan fingerprint density at radius 3 is 2.12 bits per heavy atom. The van der Waals surface area contributed by atoms with Gasteiger partial charge in [0, 0.05) is 0 Å². The summed E-state index contributed by atoms with van der Waals surface area (Å²) in [6.45, 7) is 5.98. The molecule has 2 N–H and O–H groups in total. The second-order valence-electron chi connectivity index (χ2n) is 3.94. The second kappa shape index (κ2) is 3.75. The van der Waals surface area contributed by atoms with Gasteiger partial charge in [-0.05, 0) is 44.1 Å². The van der Waals surface area contributed by atoms with Gasteiger partial charge in [0.2, 0.25) is 4.77 Å². The molecule has 2 rings (SSSR count). The van der Waals surface area contributed by atoms with Crippen LogP contribution in [0.25, 0.3) is 5.69 Å². The molecule has 0 spiro atoms. The van der Waals surface area contributed by atoms with Gasteiger partial charge in [0.25, 0.3) is 0 Å². The van der Waals surface area contributed by atoms with Crippen LogP contribution in [-0.2, 0) is 0 Å². The smallest absolute Gasteiger partial charge is 0.272 e. The van der Waals surface area contributed by atoms with E-state index >= 15 is 0 Å². The largest absolute Gasteiger partial charge is 0.347 e. The number of nitrogens with zero attached hydrogens (tertiary/aromatic N) is 1. The van der Waals surface area contributed by atoms with E-state index in [-0.39, 0.29) is 5.69 Å². The lowest BCUT2D eigenvalue weighted by Gasteiger charge is -2.10. The van der Waals surface area contributed by atoms with Crippen molar-refractivity contribution in [3.8, 4) is 5.69 Å². The topological polar surface area (TPSA) is 53.6 Å². The van der Waals surface area contributed by atoms with E-state index in [0.29, 0.717) is 4.77 Å². The molecule has 0 saturated carbocycles. The zero-order chi connectivity index (χ0) is 11.9. The molecule has 1 aromatic carbocycles. The predicted molar refractivity (Wildman–Crippen MR) is 65.8 cm³/mol. The first kappa shape index (κ1) is 10.9. The molecule has 1 aromatic heterocycles. The van der Waals surface area contributed by atoms with E-state index in [0.717, 1.165) is 16.8 Å². The van der Waals surface area contributed by atoms with Crippen LogP contribution in [0.1, 0.15) is 16.7 Å². The average Bonchev–Trinajstić information content (AvgIpc) is 2.47. The first-order valence-corrected chi connectivity index (χ1v) is 5.39. The van der Waals surface area contributed by atoms with E-state index in [4.69, 9.17) is 12.2 Å². The number of aromatic nitrogens is 3. The minimum absolute atomic E-state index is 0.236. The Bertz CT molecular complexity index is 597. The monoisotopic (exact) mass is 235 g/mol. The van der Waals surface area contributed by atoms with E-state index in [1.165, 1.54) is 10.1 Å². The standard InChI is InChI=1S/C11H13N3OS/c1-6-4-7(2)9(8(3)5-6)14-10(15)12-13-11(14)16/h4-5H,1-3H3,(H,12,15)(H,13,16). The molecule has 0 aliphatic heterocycles. The van der Waals surface area contributed by atoms with Crippen molar-refractivity contribution in [2.24, 2.45) is 0 Å². The summed E-state index contributed by atoms with van der Waals surface area (Å²) < 4.78 is 1.87. The van der Waals surface area contributed by atoms with Crippen LogP contribution >= 0.6 is 12.2 Å². The first-order chi connectivity index (χ1) is 7.50. The third-order valence-electron chi connectivity index (χ3n) is 2.54. The Morgan fingerprint density at radius 1 is 1.12 bits per heavy atom. The van der Waals surface area contributed by atoms with Gasteiger partial charge in [-0.2, -0.15) is 0 Å². The molecule has 0 unspecified atom stereocenters. The third kappa shape index (κ3) is 1.63. The molecule has 0 saturated heterocycles. The van der Waals surface area contributed by atoms with Crippen LogP contribution in [0.3, 0.4) is 0 Å². The number of aromatic amines is 2. The van der Waals surface area contributed by atoms with Gasteiger partial charge in [0.1, 0.15) is 0 Å². The number of benzene rings is 1. The summed E-state index contributed by atoms with van der Waals surface area (Å²) in [5.74, 6) is 0. The van der Waals surface area contributed by atoms with Crippen LogP contribution in [-0.4, -0.2) is 14.8 Å².